The van der Waals surface area contributed by atoms with Crippen LogP contribution in [0.2, 0.25) is 0 Å². The summed E-state index contributed by atoms with van der Waals surface area (Å²) in [4.78, 5) is 30.0. The number of halogens is 3. The lowest BCUT2D eigenvalue weighted by Crippen LogP contribution is -2.19. The van der Waals surface area contributed by atoms with E-state index in [0.717, 1.165) is 17.7 Å². The number of nitro benzene ring substituents is 2. The van der Waals surface area contributed by atoms with Gasteiger partial charge in [0.05, 0.1) is 21.2 Å². The minimum Gasteiger partial charge on any atom is -0.432 e. The fraction of sp³-hybridized carbons (Fsp3) is 0.128. The van der Waals surface area contributed by atoms with Gasteiger partial charge in [0, 0.05) is 53.3 Å². The van der Waals surface area contributed by atoms with E-state index < -0.39 is 27.2 Å². The molecular weight excluding hydrogens is 719 g/mol. The van der Waals surface area contributed by atoms with Gasteiger partial charge < -0.3 is 14.2 Å². The number of anilines is 1. The van der Waals surface area contributed by atoms with E-state index in [9.17, 15) is 33.4 Å². The number of aromatic nitrogens is 4. The van der Waals surface area contributed by atoms with Gasteiger partial charge in [-0.1, -0.05) is 20.8 Å². The second-order valence-electron chi connectivity index (χ2n) is 13.6. The van der Waals surface area contributed by atoms with Crippen molar-refractivity contribution in [3.8, 4) is 45.0 Å². The molecule has 0 aliphatic heterocycles. The lowest BCUT2D eigenvalue weighted by Gasteiger charge is -2.20. The van der Waals surface area contributed by atoms with Gasteiger partial charge in [0.15, 0.2) is 0 Å². The minimum absolute atomic E-state index is 0.000662. The maximum absolute atomic E-state index is 14.1. The minimum atomic E-state index is -0.953. The summed E-state index contributed by atoms with van der Waals surface area (Å²) < 4.78 is 54.7. The number of fused-ring (bicyclic) bond motifs is 2. The van der Waals surface area contributed by atoms with Gasteiger partial charge >= 0.3 is 17.4 Å². The maximum atomic E-state index is 14.1. The van der Waals surface area contributed by atoms with E-state index in [1.807, 2.05) is 20.8 Å². The maximum Gasteiger partial charge on any atom is 0.306 e. The van der Waals surface area contributed by atoms with Crippen LogP contribution in [-0.2, 0) is 0 Å². The molecule has 8 rings (SSSR count). The molecule has 0 amide bonds. The molecule has 1 N–H and O–H groups in total. The molecule has 0 saturated carbocycles. The average molecular weight is 750 g/mol. The summed E-state index contributed by atoms with van der Waals surface area (Å²) in [5.74, 6) is -1.03. The summed E-state index contributed by atoms with van der Waals surface area (Å²) in [6.07, 6.45) is 6.27. The smallest absolute Gasteiger partial charge is 0.306 e. The second kappa shape index (κ2) is 14.3. The largest absolute Gasteiger partial charge is 0.432 e. The molecule has 8 aromatic rings. The molecule has 0 spiro atoms. The van der Waals surface area contributed by atoms with Gasteiger partial charge in [-0.05, 0) is 78.2 Å². The molecule has 4 heterocycles. The number of nitro groups is 2. The van der Waals surface area contributed by atoms with Crippen LogP contribution in [0.5, 0.6) is 0 Å². The van der Waals surface area contributed by atoms with Gasteiger partial charge in [-0.15, -0.1) is 0 Å². The number of nitrogens with one attached hydrogen (secondary N) is 1. The molecule has 0 atom stereocenters. The Morgan fingerprint density at radius 1 is 0.655 bits per heavy atom. The number of benzene rings is 4. The average Bonchev–Trinajstić information content (AvgIpc) is 3.93. The Morgan fingerprint density at radius 2 is 1.09 bits per heavy atom. The lowest BCUT2D eigenvalue weighted by molar-refractivity contribution is -0.387. The van der Waals surface area contributed by atoms with Crippen molar-refractivity contribution in [1.82, 2.24) is 18.8 Å². The number of hydrogen-bond acceptors (Lipinski definition) is 9. The van der Waals surface area contributed by atoms with Crippen molar-refractivity contribution >= 4 is 28.8 Å². The Labute approximate surface area is 309 Å². The first kappa shape index (κ1) is 36.1. The third-order valence-electron chi connectivity index (χ3n) is 8.45. The first-order chi connectivity index (χ1) is 26.3. The summed E-state index contributed by atoms with van der Waals surface area (Å²) in [5, 5.41) is 25.5. The van der Waals surface area contributed by atoms with Crippen LogP contribution in [0.15, 0.2) is 119 Å². The van der Waals surface area contributed by atoms with Gasteiger partial charge in [0.2, 0.25) is 5.82 Å². The van der Waals surface area contributed by atoms with Crippen molar-refractivity contribution < 1.29 is 31.9 Å². The highest BCUT2D eigenvalue weighted by Crippen LogP contribution is 2.38. The molecule has 0 aliphatic rings. The van der Waals surface area contributed by atoms with Crippen LogP contribution in [-0.4, -0.2) is 35.2 Å². The Kier molecular flexibility index (Phi) is 9.40. The van der Waals surface area contributed by atoms with Crippen molar-refractivity contribution in [2.45, 2.75) is 20.8 Å². The highest BCUT2D eigenvalue weighted by atomic mass is 19.1. The Hall–Kier alpha value is -7.23. The zero-order valence-corrected chi connectivity index (χ0v) is 29.4. The zero-order valence-electron chi connectivity index (χ0n) is 29.4. The molecule has 13 nitrogen and oxygen atoms in total. The highest BCUT2D eigenvalue weighted by molar-refractivity contribution is 5.84. The molecule has 0 aliphatic carbocycles. The molecule has 4 aromatic heterocycles. The number of rotatable bonds is 8. The molecule has 55 heavy (non-hydrogen) atoms. The fourth-order valence-electron chi connectivity index (χ4n) is 5.89. The van der Waals surface area contributed by atoms with E-state index in [4.69, 9.17) is 8.83 Å². The molecule has 16 heteroatoms. The number of hydrogen-bond donors (Lipinski definition) is 1. The summed E-state index contributed by atoms with van der Waals surface area (Å²) in [6, 6.07) is 20.2. The number of imidazole rings is 2. The Balaban J connectivity index is 0.000000172. The number of oxazole rings is 2. The summed E-state index contributed by atoms with van der Waals surface area (Å²) in [6.45, 7) is 6.71. The van der Waals surface area contributed by atoms with E-state index in [1.165, 1.54) is 48.9 Å². The first-order valence-electron chi connectivity index (χ1n) is 16.7. The molecule has 0 bridgehead atoms. The predicted octanol–water partition coefficient (Wildman–Crippen LogP) is 10.2. The molecular formula is C39H30F3N7O6. The standard InChI is InChI=1S/C22H21FN4O3.C17H9F2N3O3/c1-22(2,3)13-24-17-12-15(6-9-18(17)27(28)29)20-19(14-4-7-16(23)8-5-14)25-21-26(20)10-11-30-21;18-12-4-1-10(2-5-12)15-16(21-7-8-25-17(21)20-15)11-3-6-14(22(23)24)13(19)9-11/h4-12,24H,13H2,1-3H3;1-9H. The van der Waals surface area contributed by atoms with Gasteiger partial charge in [-0.3, -0.25) is 29.0 Å². The van der Waals surface area contributed by atoms with Crippen molar-refractivity contribution in [2.75, 3.05) is 11.9 Å². The molecule has 278 valence electrons. The topological polar surface area (TPSA) is 159 Å². The zero-order chi connectivity index (χ0) is 39.0. The van der Waals surface area contributed by atoms with Crippen molar-refractivity contribution in [2.24, 2.45) is 5.41 Å². The molecule has 4 aromatic carbocycles. The van der Waals surface area contributed by atoms with Gasteiger partial charge in [0.1, 0.15) is 41.2 Å². The molecule has 0 radical (unpaired) electrons. The van der Waals surface area contributed by atoms with Crippen molar-refractivity contribution in [3.63, 3.8) is 0 Å². The van der Waals surface area contributed by atoms with Gasteiger partial charge in [0.25, 0.3) is 5.69 Å². The van der Waals surface area contributed by atoms with Crippen LogP contribution in [0, 0.1) is 43.1 Å². The summed E-state index contributed by atoms with van der Waals surface area (Å²) in [5.41, 5.74) is 4.44. The van der Waals surface area contributed by atoms with E-state index in [0.29, 0.717) is 57.5 Å². The van der Waals surface area contributed by atoms with E-state index in [1.54, 1.807) is 57.6 Å². The molecule has 0 unspecified atom stereocenters. The van der Waals surface area contributed by atoms with Crippen LogP contribution in [0.3, 0.4) is 0 Å². The number of nitrogens with zero attached hydrogens (tertiary/aromatic N) is 6. The van der Waals surface area contributed by atoms with Gasteiger partial charge in [-0.25, -0.2) is 8.78 Å². The van der Waals surface area contributed by atoms with Crippen molar-refractivity contribution in [3.05, 3.63) is 148 Å². The summed E-state index contributed by atoms with van der Waals surface area (Å²) in [7, 11) is 0. The quantitative estimate of drug-likeness (QED) is 0.118. The monoisotopic (exact) mass is 749 g/mol. The third-order valence-corrected chi connectivity index (χ3v) is 8.45. The molecule has 0 saturated heterocycles. The van der Waals surface area contributed by atoms with E-state index >= 15 is 0 Å². The van der Waals surface area contributed by atoms with Gasteiger partial charge in [-0.2, -0.15) is 14.4 Å². The first-order valence-corrected chi connectivity index (χ1v) is 16.7. The van der Waals surface area contributed by atoms with Crippen LogP contribution >= 0.6 is 0 Å². The molecule has 0 fully saturated rings. The Bertz CT molecular complexity index is 2690. The highest BCUT2D eigenvalue weighted by Gasteiger charge is 2.24. The fourth-order valence-corrected chi connectivity index (χ4v) is 5.89. The third kappa shape index (κ3) is 7.37. The van der Waals surface area contributed by atoms with Crippen LogP contribution in [0.1, 0.15) is 20.8 Å². The normalized spacial score (nSPS) is 11.5. The second-order valence-corrected chi connectivity index (χ2v) is 13.6. The van der Waals surface area contributed by atoms with Crippen LogP contribution in [0.4, 0.5) is 30.2 Å². The Morgan fingerprint density at radius 3 is 1.53 bits per heavy atom. The van der Waals surface area contributed by atoms with E-state index in [2.05, 4.69) is 15.3 Å². The lowest BCUT2D eigenvalue weighted by atomic mass is 9.96. The van der Waals surface area contributed by atoms with Crippen molar-refractivity contribution in [1.29, 1.82) is 0 Å². The SMILES string of the molecule is CC(C)(C)CNc1cc(-c2c(-c3ccc(F)cc3)nc3occn23)ccc1[N+](=O)[O-].O=[N+]([O-])c1ccc(-c2c(-c3ccc(F)cc3)nc3occn23)cc1F. The van der Waals surface area contributed by atoms with Crippen LogP contribution in [0.25, 0.3) is 56.7 Å². The summed E-state index contributed by atoms with van der Waals surface area (Å²) >= 11 is 0. The van der Waals surface area contributed by atoms with E-state index in [-0.39, 0.29) is 22.8 Å². The predicted molar refractivity (Wildman–Crippen MR) is 198 cm³/mol. The van der Waals surface area contributed by atoms with Crippen LogP contribution < -0.4 is 5.32 Å².